The molecule has 0 aliphatic carbocycles. The Kier molecular flexibility index (Phi) is 3.90. The third kappa shape index (κ3) is 2.84. The number of carbonyl (C=O) groups excluding carboxylic acids is 1. The van der Waals surface area contributed by atoms with Crippen LogP contribution in [0.4, 0.5) is 5.69 Å². The van der Waals surface area contributed by atoms with E-state index in [0.717, 1.165) is 25.1 Å². The Hall–Kier alpha value is -1.51. The molecule has 0 aromatic heterocycles. The van der Waals surface area contributed by atoms with Gasteiger partial charge in [0.15, 0.2) is 0 Å². The maximum Gasteiger partial charge on any atom is 0.223 e. The molecule has 98 valence electrons. The average molecular weight is 246 g/mol. The second-order valence-electron chi connectivity index (χ2n) is 5.51. The van der Waals surface area contributed by atoms with Crippen LogP contribution in [-0.4, -0.2) is 17.4 Å². The van der Waals surface area contributed by atoms with E-state index in [-0.39, 0.29) is 11.9 Å². The number of hydrogen-bond acceptors (Lipinski definition) is 2. The van der Waals surface area contributed by atoms with E-state index in [4.69, 9.17) is 5.73 Å². The summed E-state index contributed by atoms with van der Waals surface area (Å²) in [6.07, 6.45) is 2.80. The lowest BCUT2D eigenvalue weighted by Gasteiger charge is -2.26. The summed E-state index contributed by atoms with van der Waals surface area (Å²) >= 11 is 0. The summed E-state index contributed by atoms with van der Waals surface area (Å²) in [7, 11) is 0. The van der Waals surface area contributed by atoms with Gasteiger partial charge in [-0.2, -0.15) is 0 Å². The van der Waals surface area contributed by atoms with E-state index < -0.39 is 0 Å². The highest BCUT2D eigenvalue weighted by atomic mass is 16.2. The summed E-state index contributed by atoms with van der Waals surface area (Å²) in [6, 6.07) is 8.16. The molecule has 1 atom stereocenters. The summed E-state index contributed by atoms with van der Waals surface area (Å²) in [5.74, 6) is 0.703. The number of carbonyl (C=O) groups is 1. The van der Waals surface area contributed by atoms with Crippen molar-refractivity contribution in [1.29, 1.82) is 0 Å². The van der Waals surface area contributed by atoms with Crippen molar-refractivity contribution in [3.8, 4) is 0 Å². The van der Waals surface area contributed by atoms with Gasteiger partial charge in [-0.25, -0.2) is 0 Å². The van der Waals surface area contributed by atoms with Crippen molar-refractivity contribution in [2.75, 3.05) is 12.3 Å². The van der Waals surface area contributed by atoms with Crippen LogP contribution < -0.4 is 5.73 Å². The second-order valence-corrected chi connectivity index (χ2v) is 5.51. The fraction of sp³-hybridized carbons (Fsp3) is 0.533. The lowest BCUT2D eigenvalue weighted by atomic mass is 10.0. The molecule has 0 bridgehead atoms. The molecule has 1 aliphatic heterocycles. The number of nitrogens with two attached hydrogens (primary N) is 1. The predicted molar refractivity (Wildman–Crippen MR) is 74.0 cm³/mol. The Bertz CT molecular complexity index is 411. The zero-order valence-electron chi connectivity index (χ0n) is 11.2. The van der Waals surface area contributed by atoms with Gasteiger partial charge in [-0.05, 0) is 36.5 Å². The molecular formula is C15H22N2O. The monoisotopic (exact) mass is 246 g/mol. The number of likely N-dealkylation sites (tertiary alicyclic amines) is 1. The molecule has 1 amide bonds. The second kappa shape index (κ2) is 5.42. The van der Waals surface area contributed by atoms with E-state index in [0.29, 0.717) is 12.3 Å². The molecule has 3 heteroatoms. The SMILES string of the molecule is CC(C)CC(=O)N1CCCC1c1ccc(N)cc1. The van der Waals surface area contributed by atoms with Crippen LogP contribution in [0.5, 0.6) is 0 Å². The predicted octanol–water partition coefficient (Wildman–Crippen LogP) is 2.98. The summed E-state index contributed by atoms with van der Waals surface area (Å²) in [5, 5.41) is 0. The molecule has 1 saturated heterocycles. The average Bonchev–Trinajstić information content (AvgIpc) is 2.78. The van der Waals surface area contributed by atoms with Gasteiger partial charge in [-0.3, -0.25) is 4.79 Å². The number of rotatable bonds is 3. The van der Waals surface area contributed by atoms with Crippen LogP contribution in [-0.2, 0) is 4.79 Å². The van der Waals surface area contributed by atoms with Crippen molar-refractivity contribution in [3.05, 3.63) is 29.8 Å². The molecule has 1 heterocycles. The number of nitrogens with zero attached hydrogens (tertiary/aromatic N) is 1. The number of nitrogen functional groups attached to an aromatic ring is 1. The van der Waals surface area contributed by atoms with E-state index in [1.54, 1.807) is 0 Å². The fourth-order valence-electron chi connectivity index (χ4n) is 2.60. The number of hydrogen-bond donors (Lipinski definition) is 1. The molecule has 1 aromatic carbocycles. The summed E-state index contributed by atoms with van der Waals surface area (Å²) in [5.41, 5.74) is 7.69. The van der Waals surface area contributed by atoms with Crippen LogP contribution in [0.15, 0.2) is 24.3 Å². The Labute approximate surface area is 109 Å². The lowest BCUT2D eigenvalue weighted by molar-refractivity contribution is -0.132. The molecule has 2 N–H and O–H groups in total. The molecule has 0 spiro atoms. The quantitative estimate of drug-likeness (QED) is 0.833. The number of anilines is 1. The highest BCUT2D eigenvalue weighted by Gasteiger charge is 2.29. The Balaban J connectivity index is 2.12. The Morgan fingerprint density at radius 3 is 2.67 bits per heavy atom. The van der Waals surface area contributed by atoms with Gasteiger partial charge < -0.3 is 10.6 Å². The van der Waals surface area contributed by atoms with Gasteiger partial charge >= 0.3 is 0 Å². The first kappa shape index (κ1) is 12.9. The van der Waals surface area contributed by atoms with Crippen LogP contribution in [0, 0.1) is 5.92 Å². The van der Waals surface area contributed by atoms with Crippen LogP contribution in [0.2, 0.25) is 0 Å². The smallest absolute Gasteiger partial charge is 0.223 e. The zero-order chi connectivity index (χ0) is 13.1. The van der Waals surface area contributed by atoms with Gasteiger partial charge in [-0.1, -0.05) is 26.0 Å². The molecule has 1 aromatic rings. The molecule has 0 saturated carbocycles. The van der Waals surface area contributed by atoms with Gasteiger partial charge in [0.05, 0.1) is 6.04 Å². The minimum absolute atomic E-state index is 0.247. The number of amides is 1. The first-order valence-corrected chi connectivity index (χ1v) is 6.73. The molecule has 1 fully saturated rings. The lowest BCUT2D eigenvalue weighted by Crippen LogP contribution is -2.31. The third-order valence-electron chi connectivity index (χ3n) is 3.48. The highest BCUT2D eigenvalue weighted by Crippen LogP contribution is 2.33. The third-order valence-corrected chi connectivity index (χ3v) is 3.48. The van der Waals surface area contributed by atoms with Crippen molar-refractivity contribution in [2.45, 2.75) is 39.2 Å². The standard InChI is InChI=1S/C15H22N2O/c1-11(2)10-15(18)17-9-3-4-14(17)12-5-7-13(16)8-6-12/h5-8,11,14H,3-4,9-10,16H2,1-2H3. The minimum Gasteiger partial charge on any atom is -0.399 e. The van der Waals surface area contributed by atoms with Crippen molar-refractivity contribution >= 4 is 11.6 Å². The zero-order valence-corrected chi connectivity index (χ0v) is 11.2. The van der Waals surface area contributed by atoms with Crippen molar-refractivity contribution in [1.82, 2.24) is 4.90 Å². The summed E-state index contributed by atoms with van der Waals surface area (Å²) in [4.78, 5) is 14.2. The van der Waals surface area contributed by atoms with Crippen LogP contribution in [0.1, 0.15) is 44.7 Å². The first-order chi connectivity index (χ1) is 8.58. The van der Waals surface area contributed by atoms with Crippen LogP contribution in [0.3, 0.4) is 0 Å². The molecule has 1 aliphatic rings. The van der Waals surface area contributed by atoms with E-state index in [1.807, 2.05) is 29.2 Å². The summed E-state index contributed by atoms with van der Waals surface area (Å²) < 4.78 is 0. The molecule has 2 rings (SSSR count). The van der Waals surface area contributed by atoms with Crippen LogP contribution >= 0.6 is 0 Å². The Morgan fingerprint density at radius 2 is 2.06 bits per heavy atom. The first-order valence-electron chi connectivity index (χ1n) is 6.73. The van der Waals surface area contributed by atoms with Gasteiger partial charge in [0.25, 0.3) is 0 Å². The van der Waals surface area contributed by atoms with Gasteiger partial charge in [0.2, 0.25) is 5.91 Å². The summed E-state index contributed by atoms with van der Waals surface area (Å²) in [6.45, 7) is 5.07. The van der Waals surface area contributed by atoms with E-state index >= 15 is 0 Å². The maximum absolute atomic E-state index is 12.2. The van der Waals surface area contributed by atoms with E-state index in [2.05, 4.69) is 13.8 Å². The van der Waals surface area contributed by atoms with Crippen molar-refractivity contribution < 1.29 is 4.79 Å². The van der Waals surface area contributed by atoms with Crippen molar-refractivity contribution in [3.63, 3.8) is 0 Å². The van der Waals surface area contributed by atoms with E-state index in [1.165, 1.54) is 5.56 Å². The molecule has 0 radical (unpaired) electrons. The normalized spacial score (nSPS) is 19.5. The minimum atomic E-state index is 0.247. The molecule has 1 unspecified atom stereocenters. The largest absolute Gasteiger partial charge is 0.399 e. The van der Waals surface area contributed by atoms with Gasteiger partial charge in [0.1, 0.15) is 0 Å². The fourth-order valence-corrected chi connectivity index (χ4v) is 2.60. The van der Waals surface area contributed by atoms with E-state index in [9.17, 15) is 4.79 Å². The molecule has 18 heavy (non-hydrogen) atoms. The maximum atomic E-state index is 12.2. The number of benzene rings is 1. The molecular weight excluding hydrogens is 224 g/mol. The topological polar surface area (TPSA) is 46.3 Å². The van der Waals surface area contributed by atoms with Gasteiger partial charge in [-0.15, -0.1) is 0 Å². The van der Waals surface area contributed by atoms with Gasteiger partial charge in [0, 0.05) is 18.7 Å². The molecule has 3 nitrogen and oxygen atoms in total. The van der Waals surface area contributed by atoms with Crippen molar-refractivity contribution in [2.24, 2.45) is 5.92 Å². The highest BCUT2D eigenvalue weighted by molar-refractivity contribution is 5.77. The van der Waals surface area contributed by atoms with Crippen LogP contribution in [0.25, 0.3) is 0 Å². The Morgan fingerprint density at radius 1 is 1.39 bits per heavy atom.